The minimum atomic E-state index is -0.612. The van der Waals surface area contributed by atoms with E-state index in [0.29, 0.717) is 27.1 Å². The topological polar surface area (TPSA) is 77.4 Å². The highest BCUT2D eigenvalue weighted by molar-refractivity contribution is 8.18. The number of benzene rings is 2. The number of carbonyl (C=O) groups excluding carboxylic acids is 1. The summed E-state index contributed by atoms with van der Waals surface area (Å²) in [5, 5.41) is 11.1. The van der Waals surface area contributed by atoms with Gasteiger partial charge in [0.2, 0.25) is 0 Å². The van der Waals surface area contributed by atoms with Gasteiger partial charge in [0.25, 0.3) is 0 Å². The molecule has 0 aromatic heterocycles. The minimum absolute atomic E-state index is 0.0572. The molecule has 0 amide bonds. The van der Waals surface area contributed by atoms with Crippen LogP contribution in [0.4, 0.5) is 5.69 Å². The van der Waals surface area contributed by atoms with E-state index in [1.807, 2.05) is 30.3 Å². The average molecular weight is 411 g/mol. The molecular formula is C22H21NO5S. The first-order chi connectivity index (χ1) is 14.0. The van der Waals surface area contributed by atoms with Crippen LogP contribution in [0.25, 0.3) is 6.08 Å². The zero-order valence-electron chi connectivity index (χ0n) is 16.3. The van der Waals surface area contributed by atoms with Crippen molar-refractivity contribution >= 4 is 34.5 Å². The summed E-state index contributed by atoms with van der Waals surface area (Å²) in [5.74, 6) is 0.460. The van der Waals surface area contributed by atoms with Gasteiger partial charge in [-0.1, -0.05) is 30.0 Å². The Bertz CT molecular complexity index is 973. The quantitative estimate of drug-likeness (QED) is 0.682. The van der Waals surface area contributed by atoms with Gasteiger partial charge in [0, 0.05) is 6.07 Å². The fourth-order valence-corrected chi connectivity index (χ4v) is 3.71. The lowest BCUT2D eigenvalue weighted by Gasteiger charge is -2.06. The molecule has 1 aliphatic rings. The van der Waals surface area contributed by atoms with E-state index in [-0.39, 0.29) is 17.9 Å². The Hall–Kier alpha value is -3.19. The molecule has 7 heteroatoms. The van der Waals surface area contributed by atoms with E-state index in [0.717, 1.165) is 5.56 Å². The van der Waals surface area contributed by atoms with Gasteiger partial charge in [0.15, 0.2) is 0 Å². The van der Waals surface area contributed by atoms with Crippen molar-refractivity contribution in [1.29, 1.82) is 0 Å². The molecule has 6 nitrogen and oxygen atoms in total. The first-order valence-corrected chi connectivity index (χ1v) is 9.74. The number of carbonyl (C=O) groups is 1. The highest BCUT2D eigenvalue weighted by Crippen LogP contribution is 2.40. The lowest BCUT2D eigenvalue weighted by atomic mass is 10.1. The lowest BCUT2D eigenvalue weighted by molar-refractivity contribution is -0.138. The number of para-hydroxylation sites is 1. The third kappa shape index (κ3) is 4.81. The molecule has 0 unspecified atom stereocenters. The standard InChI is InChI=1S/C22H21NO5S/c1-4-28-22(25)19-20(24)18(29-21(19)23-15-8-6-5-7-9-15)12-14-10-16(26-2)13-17(11-14)27-3/h5-13,24H,4H2,1-3H3. The first kappa shape index (κ1) is 20.5. The summed E-state index contributed by atoms with van der Waals surface area (Å²) in [6.45, 7) is 1.91. The molecule has 150 valence electrons. The molecule has 0 bridgehead atoms. The third-order valence-corrected chi connectivity index (χ3v) is 5.05. The van der Waals surface area contributed by atoms with Gasteiger partial charge in [-0.25, -0.2) is 9.79 Å². The number of ether oxygens (including phenoxy) is 3. The van der Waals surface area contributed by atoms with Crippen LogP contribution >= 0.6 is 11.8 Å². The van der Waals surface area contributed by atoms with Gasteiger partial charge in [-0.15, -0.1) is 0 Å². The molecule has 2 aromatic carbocycles. The normalized spacial score (nSPS) is 16.4. The minimum Gasteiger partial charge on any atom is -0.506 e. The monoisotopic (exact) mass is 411 g/mol. The van der Waals surface area contributed by atoms with Crippen LogP contribution in [-0.2, 0) is 9.53 Å². The van der Waals surface area contributed by atoms with Crippen molar-refractivity contribution in [2.45, 2.75) is 6.92 Å². The van der Waals surface area contributed by atoms with Crippen molar-refractivity contribution in [3.8, 4) is 11.5 Å². The van der Waals surface area contributed by atoms with Crippen LogP contribution in [0.5, 0.6) is 11.5 Å². The van der Waals surface area contributed by atoms with Crippen molar-refractivity contribution in [3.05, 3.63) is 70.3 Å². The summed E-state index contributed by atoms with van der Waals surface area (Å²) in [5.41, 5.74) is 1.48. The Morgan fingerprint density at radius 3 is 2.34 bits per heavy atom. The van der Waals surface area contributed by atoms with E-state index in [1.165, 1.54) is 11.8 Å². The maximum atomic E-state index is 12.5. The number of rotatable bonds is 6. The molecule has 1 N–H and O–H groups in total. The van der Waals surface area contributed by atoms with Gasteiger partial charge < -0.3 is 19.3 Å². The van der Waals surface area contributed by atoms with E-state index in [9.17, 15) is 9.90 Å². The van der Waals surface area contributed by atoms with E-state index < -0.39 is 5.97 Å². The van der Waals surface area contributed by atoms with Gasteiger partial charge in [0.05, 0.1) is 31.4 Å². The third-order valence-electron chi connectivity index (χ3n) is 4.03. The number of aliphatic imine (C=N–C) groups is 1. The van der Waals surface area contributed by atoms with Crippen LogP contribution in [0.2, 0.25) is 0 Å². The maximum absolute atomic E-state index is 12.5. The number of hydrogen-bond donors (Lipinski definition) is 1. The number of methoxy groups -OCH3 is 2. The van der Waals surface area contributed by atoms with Gasteiger partial charge >= 0.3 is 5.97 Å². The van der Waals surface area contributed by atoms with Crippen molar-refractivity contribution in [2.24, 2.45) is 4.99 Å². The molecule has 29 heavy (non-hydrogen) atoms. The maximum Gasteiger partial charge on any atom is 0.344 e. The average Bonchev–Trinajstić information content (AvgIpc) is 3.03. The number of aliphatic hydroxyl groups excluding tert-OH is 1. The van der Waals surface area contributed by atoms with Crippen LogP contribution in [-0.4, -0.2) is 36.9 Å². The molecule has 2 aromatic rings. The second kappa shape index (κ2) is 9.34. The molecule has 0 atom stereocenters. The van der Waals surface area contributed by atoms with E-state index in [4.69, 9.17) is 14.2 Å². The number of hydrogen-bond acceptors (Lipinski definition) is 7. The van der Waals surface area contributed by atoms with Crippen molar-refractivity contribution in [1.82, 2.24) is 0 Å². The predicted octanol–water partition coefficient (Wildman–Crippen LogP) is 4.90. The Kier molecular flexibility index (Phi) is 6.61. The predicted molar refractivity (Wildman–Crippen MR) is 115 cm³/mol. The summed E-state index contributed by atoms with van der Waals surface area (Å²) < 4.78 is 15.7. The molecule has 0 fully saturated rings. The summed E-state index contributed by atoms with van der Waals surface area (Å²) in [4.78, 5) is 17.5. The van der Waals surface area contributed by atoms with Crippen molar-refractivity contribution in [3.63, 3.8) is 0 Å². The molecular weight excluding hydrogens is 390 g/mol. The molecule has 0 spiro atoms. The number of esters is 1. The van der Waals surface area contributed by atoms with E-state index in [1.54, 1.807) is 45.4 Å². The van der Waals surface area contributed by atoms with Crippen LogP contribution < -0.4 is 9.47 Å². The number of thioether (sulfide) groups is 1. The Balaban J connectivity index is 2.05. The van der Waals surface area contributed by atoms with E-state index in [2.05, 4.69) is 4.99 Å². The van der Waals surface area contributed by atoms with Crippen LogP contribution in [0, 0.1) is 0 Å². The van der Waals surface area contributed by atoms with Crippen molar-refractivity contribution < 1.29 is 24.1 Å². The summed E-state index contributed by atoms with van der Waals surface area (Å²) in [6, 6.07) is 14.6. The molecule has 1 heterocycles. The number of nitrogens with zero attached hydrogens (tertiary/aromatic N) is 1. The van der Waals surface area contributed by atoms with Crippen LogP contribution in [0.15, 0.2) is 69.8 Å². The van der Waals surface area contributed by atoms with Gasteiger partial charge in [-0.05, 0) is 42.8 Å². The second-order valence-electron chi connectivity index (χ2n) is 5.95. The molecule has 0 aliphatic carbocycles. The smallest absolute Gasteiger partial charge is 0.344 e. The molecule has 0 saturated heterocycles. The SMILES string of the molecule is CCOC(=O)C1=C(O)C(=Cc2cc(OC)cc(OC)c2)SC1=Nc1ccccc1. The van der Waals surface area contributed by atoms with Crippen LogP contribution in [0.3, 0.4) is 0 Å². The lowest BCUT2D eigenvalue weighted by Crippen LogP contribution is -2.12. The molecule has 3 rings (SSSR count). The summed E-state index contributed by atoms with van der Waals surface area (Å²) in [6.07, 6.45) is 1.75. The van der Waals surface area contributed by atoms with Gasteiger partial charge in [-0.2, -0.15) is 0 Å². The highest BCUT2D eigenvalue weighted by atomic mass is 32.2. The van der Waals surface area contributed by atoms with Crippen LogP contribution in [0.1, 0.15) is 12.5 Å². The molecule has 0 saturated carbocycles. The summed E-state index contributed by atoms with van der Waals surface area (Å²) in [7, 11) is 3.13. The van der Waals surface area contributed by atoms with Crippen molar-refractivity contribution in [2.75, 3.05) is 20.8 Å². The Labute approximate surface area is 173 Å². The molecule has 1 aliphatic heterocycles. The summed E-state index contributed by atoms with van der Waals surface area (Å²) >= 11 is 1.20. The fourth-order valence-electron chi connectivity index (χ4n) is 2.68. The first-order valence-electron chi connectivity index (χ1n) is 8.93. The Morgan fingerprint density at radius 1 is 1.10 bits per heavy atom. The van der Waals surface area contributed by atoms with Gasteiger partial charge in [0.1, 0.15) is 27.9 Å². The fraction of sp³-hybridized carbons (Fsp3) is 0.182. The second-order valence-corrected chi connectivity index (χ2v) is 6.98. The largest absolute Gasteiger partial charge is 0.506 e. The number of aliphatic hydroxyl groups is 1. The zero-order chi connectivity index (χ0) is 20.8. The zero-order valence-corrected chi connectivity index (χ0v) is 17.2. The molecule has 0 radical (unpaired) electrons. The van der Waals surface area contributed by atoms with Gasteiger partial charge in [-0.3, -0.25) is 0 Å². The Morgan fingerprint density at radius 2 is 1.76 bits per heavy atom. The van der Waals surface area contributed by atoms with E-state index >= 15 is 0 Å². The highest BCUT2D eigenvalue weighted by Gasteiger charge is 2.33.